The van der Waals surface area contributed by atoms with Gasteiger partial charge in [-0.15, -0.1) is 0 Å². The van der Waals surface area contributed by atoms with Crippen molar-refractivity contribution in [3.8, 4) is 0 Å². The van der Waals surface area contributed by atoms with Crippen molar-refractivity contribution in [1.82, 2.24) is 0 Å². The molecule has 3 heteroatoms. The number of carboxylic acid groups (broad SMARTS) is 1. The van der Waals surface area contributed by atoms with Gasteiger partial charge in [-0.3, -0.25) is 4.79 Å². The summed E-state index contributed by atoms with van der Waals surface area (Å²) >= 11 is 1.95. The molecule has 13 heavy (non-hydrogen) atoms. The molecule has 0 aromatic heterocycles. The van der Waals surface area contributed by atoms with E-state index in [1.54, 1.807) is 0 Å². The highest BCUT2D eigenvalue weighted by Gasteiger charge is 2.27. The number of hydrogen-bond donors (Lipinski definition) is 1. The van der Waals surface area contributed by atoms with E-state index < -0.39 is 5.97 Å². The van der Waals surface area contributed by atoms with Crippen LogP contribution >= 0.6 is 11.8 Å². The monoisotopic (exact) mass is 202 g/mol. The Morgan fingerprint density at radius 2 is 2.31 bits per heavy atom. The largest absolute Gasteiger partial charge is 0.481 e. The third-order valence-electron chi connectivity index (χ3n) is 2.73. The molecule has 2 atom stereocenters. The van der Waals surface area contributed by atoms with Crippen molar-refractivity contribution in [3.63, 3.8) is 0 Å². The molecular weight excluding hydrogens is 184 g/mol. The van der Waals surface area contributed by atoms with Gasteiger partial charge in [0.2, 0.25) is 0 Å². The van der Waals surface area contributed by atoms with Crippen molar-refractivity contribution in [3.05, 3.63) is 0 Å². The van der Waals surface area contributed by atoms with E-state index in [1.165, 1.54) is 12.2 Å². The zero-order valence-corrected chi connectivity index (χ0v) is 9.14. The van der Waals surface area contributed by atoms with Crippen LogP contribution in [0.2, 0.25) is 0 Å². The minimum atomic E-state index is -0.619. The zero-order chi connectivity index (χ0) is 9.84. The highest BCUT2D eigenvalue weighted by Crippen LogP contribution is 2.31. The highest BCUT2D eigenvalue weighted by molar-refractivity contribution is 7.99. The van der Waals surface area contributed by atoms with Gasteiger partial charge in [-0.2, -0.15) is 11.8 Å². The standard InChI is InChI=1S/C10H18O2S/c1-7(2)9(10(11)12)5-8-3-4-13-6-8/h7-9H,3-6H2,1-2H3,(H,11,12). The van der Waals surface area contributed by atoms with E-state index in [4.69, 9.17) is 5.11 Å². The minimum absolute atomic E-state index is 0.135. The van der Waals surface area contributed by atoms with Crippen molar-refractivity contribution in [2.75, 3.05) is 11.5 Å². The Morgan fingerprint density at radius 3 is 2.69 bits per heavy atom. The molecular formula is C10H18O2S. The van der Waals surface area contributed by atoms with E-state index in [1.807, 2.05) is 25.6 Å². The lowest BCUT2D eigenvalue weighted by molar-refractivity contribution is -0.143. The second kappa shape index (κ2) is 4.89. The van der Waals surface area contributed by atoms with Gasteiger partial charge < -0.3 is 5.11 Å². The van der Waals surface area contributed by atoms with Crippen molar-refractivity contribution in [1.29, 1.82) is 0 Å². The summed E-state index contributed by atoms with van der Waals surface area (Å²) in [6.45, 7) is 4.00. The van der Waals surface area contributed by atoms with Crippen LogP contribution in [0.15, 0.2) is 0 Å². The summed E-state index contributed by atoms with van der Waals surface area (Å²) in [5.74, 6) is 2.54. The van der Waals surface area contributed by atoms with Gasteiger partial charge in [0.25, 0.3) is 0 Å². The van der Waals surface area contributed by atoms with Crippen molar-refractivity contribution >= 4 is 17.7 Å². The topological polar surface area (TPSA) is 37.3 Å². The summed E-state index contributed by atoms with van der Waals surface area (Å²) < 4.78 is 0. The summed E-state index contributed by atoms with van der Waals surface area (Å²) in [6.07, 6.45) is 2.08. The Balaban J connectivity index is 2.41. The van der Waals surface area contributed by atoms with Gasteiger partial charge in [0.15, 0.2) is 0 Å². The zero-order valence-electron chi connectivity index (χ0n) is 8.32. The molecule has 0 aliphatic carbocycles. The Hall–Kier alpha value is -0.180. The summed E-state index contributed by atoms with van der Waals surface area (Å²) in [4.78, 5) is 10.9. The van der Waals surface area contributed by atoms with E-state index in [0.717, 1.165) is 12.2 Å². The fourth-order valence-corrected chi connectivity index (χ4v) is 3.09. The minimum Gasteiger partial charge on any atom is -0.481 e. The smallest absolute Gasteiger partial charge is 0.306 e. The Kier molecular flexibility index (Phi) is 4.10. The Morgan fingerprint density at radius 1 is 1.62 bits per heavy atom. The molecule has 2 unspecified atom stereocenters. The number of carboxylic acids is 1. The van der Waals surface area contributed by atoms with Crippen LogP contribution in [-0.4, -0.2) is 22.6 Å². The first-order valence-electron chi connectivity index (χ1n) is 4.91. The van der Waals surface area contributed by atoms with Gasteiger partial charge in [-0.1, -0.05) is 13.8 Å². The first-order valence-corrected chi connectivity index (χ1v) is 6.07. The summed E-state index contributed by atoms with van der Waals surface area (Å²) in [5, 5.41) is 9.00. The average molecular weight is 202 g/mol. The molecule has 0 aromatic rings. The fraction of sp³-hybridized carbons (Fsp3) is 0.900. The molecule has 1 heterocycles. The van der Waals surface area contributed by atoms with E-state index in [-0.39, 0.29) is 11.8 Å². The lowest BCUT2D eigenvalue weighted by atomic mass is 9.86. The molecule has 76 valence electrons. The van der Waals surface area contributed by atoms with Crippen LogP contribution in [-0.2, 0) is 4.79 Å². The molecule has 0 aromatic carbocycles. The maximum absolute atomic E-state index is 10.9. The molecule has 0 spiro atoms. The highest BCUT2D eigenvalue weighted by atomic mass is 32.2. The third kappa shape index (κ3) is 3.22. The van der Waals surface area contributed by atoms with Crippen molar-refractivity contribution in [2.24, 2.45) is 17.8 Å². The lowest BCUT2D eigenvalue weighted by Crippen LogP contribution is -2.22. The summed E-state index contributed by atoms with van der Waals surface area (Å²) in [6, 6.07) is 0. The maximum atomic E-state index is 10.9. The number of hydrogen-bond acceptors (Lipinski definition) is 2. The molecule has 0 bridgehead atoms. The van der Waals surface area contributed by atoms with E-state index in [0.29, 0.717) is 5.92 Å². The van der Waals surface area contributed by atoms with Crippen LogP contribution in [0.4, 0.5) is 0 Å². The van der Waals surface area contributed by atoms with Crippen molar-refractivity contribution < 1.29 is 9.90 Å². The molecule has 2 nitrogen and oxygen atoms in total. The molecule has 1 N–H and O–H groups in total. The van der Waals surface area contributed by atoms with Crippen LogP contribution in [0.3, 0.4) is 0 Å². The van der Waals surface area contributed by atoms with E-state index >= 15 is 0 Å². The van der Waals surface area contributed by atoms with Crippen LogP contribution in [0, 0.1) is 17.8 Å². The number of carbonyl (C=O) groups is 1. The van der Waals surface area contributed by atoms with Crippen LogP contribution in [0.25, 0.3) is 0 Å². The first kappa shape index (κ1) is 10.9. The number of rotatable bonds is 4. The van der Waals surface area contributed by atoms with Crippen molar-refractivity contribution in [2.45, 2.75) is 26.7 Å². The molecule has 1 fully saturated rings. The Labute approximate surface area is 84.1 Å². The molecule has 1 saturated heterocycles. The molecule has 1 rings (SSSR count). The third-order valence-corrected chi connectivity index (χ3v) is 3.96. The van der Waals surface area contributed by atoms with Gasteiger partial charge in [0.05, 0.1) is 5.92 Å². The van der Waals surface area contributed by atoms with Gasteiger partial charge in [-0.05, 0) is 36.2 Å². The fourth-order valence-electron chi connectivity index (χ4n) is 1.79. The molecule has 0 saturated carbocycles. The lowest BCUT2D eigenvalue weighted by Gasteiger charge is -2.19. The van der Waals surface area contributed by atoms with Gasteiger partial charge in [0, 0.05) is 0 Å². The summed E-state index contributed by atoms with van der Waals surface area (Å²) in [7, 11) is 0. The van der Waals surface area contributed by atoms with Crippen LogP contribution in [0.1, 0.15) is 26.7 Å². The second-order valence-corrected chi connectivity index (χ2v) is 5.30. The number of thioether (sulfide) groups is 1. The van der Waals surface area contributed by atoms with Crippen LogP contribution < -0.4 is 0 Å². The predicted octanol–water partition coefficient (Wildman–Crippen LogP) is 2.49. The molecule has 1 aliphatic heterocycles. The SMILES string of the molecule is CC(C)C(CC1CCSC1)C(=O)O. The van der Waals surface area contributed by atoms with Crippen LogP contribution in [0.5, 0.6) is 0 Å². The summed E-state index contributed by atoms with van der Waals surface area (Å²) in [5.41, 5.74) is 0. The normalized spacial score (nSPS) is 25.0. The first-order chi connectivity index (χ1) is 6.11. The maximum Gasteiger partial charge on any atom is 0.306 e. The van der Waals surface area contributed by atoms with E-state index in [2.05, 4.69) is 0 Å². The van der Waals surface area contributed by atoms with Gasteiger partial charge >= 0.3 is 5.97 Å². The number of aliphatic carboxylic acids is 1. The predicted molar refractivity (Wildman–Crippen MR) is 56.0 cm³/mol. The second-order valence-electron chi connectivity index (χ2n) is 4.15. The Bertz CT molecular complexity index is 174. The molecule has 0 radical (unpaired) electrons. The van der Waals surface area contributed by atoms with E-state index in [9.17, 15) is 4.79 Å². The van der Waals surface area contributed by atoms with Gasteiger partial charge in [0.1, 0.15) is 0 Å². The molecule has 1 aliphatic rings. The van der Waals surface area contributed by atoms with Gasteiger partial charge in [-0.25, -0.2) is 0 Å². The molecule has 0 amide bonds. The quantitative estimate of drug-likeness (QED) is 0.761. The average Bonchev–Trinajstić information content (AvgIpc) is 2.50.